The summed E-state index contributed by atoms with van der Waals surface area (Å²) in [5.74, 6) is -1.14. The number of aromatic nitrogens is 2. The second-order valence-corrected chi connectivity index (χ2v) is 4.61. The second-order valence-electron chi connectivity index (χ2n) is 3.82. The first-order valence-corrected chi connectivity index (χ1v) is 6.38. The summed E-state index contributed by atoms with van der Waals surface area (Å²) in [4.78, 5) is 0.866. The van der Waals surface area contributed by atoms with Crippen LogP contribution >= 0.6 is 11.5 Å². The third-order valence-corrected chi connectivity index (χ3v) is 3.58. The minimum absolute atomic E-state index is 0.347. The highest BCUT2D eigenvalue weighted by molar-refractivity contribution is 7.05. The molecular formula is C12H13F2N3S. The minimum Gasteiger partial charge on any atom is -0.308 e. The fraction of sp³-hybridized carbons (Fsp3) is 0.333. The fourth-order valence-corrected chi connectivity index (χ4v) is 2.71. The van der Waals surface area contributed by atoms with Gasteiger partial charge in [0.1, 0.15) is 11.6 Å². The molecule has 0 saturated carbocycles. The van der Waals surface area contributed by atoms with E-state index in [1.807, 2.05) is 6.92 Å². The van der Waals surface area contributed by atoms with Crippen molar-refractivity contribution in [3.63, 3.8) is 0 Å². The number of halogens is 2. The Morgan fingerprint density at radius 1 is 1.39 bits per heavy atom. The molecule has 6 heteroatoms. The molecule has 0 aliphatic rings. The second kappa shape index (κ2) is 5.49. The van der Waals surface area contributed by atoms with E-state index in [2.05, 4.69) is 14.9 Å². The summed E-state index contributed by atoms with van der Waals surface area (Å²) in [6.45, 7) is 1.97. The van der Waals surface area contributed by atoms with Crippen LogP contribution in [-0.4, -0.2) is 16.6 Å². The molecule has 18 heavy (non-hydrogen) atoms. The van der Waals surface area contributed by atoms with Gasteiger partial charge in [0.2, 0.25) is 0 Å². The van der Waals surface area contributed by atoms with E-state index in [1.54, 1.807) is 7.05 Å². The predicted molar refractivity (Wildman–Crippen MR) is 66.5 cm³/mol. The molecule has 0 radical (unpaired) electrons. The highest BCUT2D eigenvalue weighted by Gasteiger charge is 2.21. The zero-order valence-corrected chi connectivity index (χ0v) is 10.9. The summed E-state index contributed by atoms with van der Waals surface area (Å²) in [5.41, 5.74) is 1.24. The third kappa shape index (κ3) is 2.39. The number of nitrogens with zero attached hydrogens (tertiary/aromatic N) is 2. The van der Waals surface area contributed by atoms with Crippen LogP contribution in [0.5, 0.6) is 0 Å². The SMILES string of the molecule is CCc1nnsc1C(NC)c1ccc(F)cc1F. The first-order chi connectivity index (χ1) is 8.67. The van der Waals surface area contributed by atoms with Gasteiger partial charge in [0.25, 0.3) is 0 Å². The van der Waals surface area contributed by atoms with Crippen LogP contribution in [0.3, 0.4) is 0 Å². The van der Waals surface area contributed by atoms with Gasteiger partial charge >= 0.3 is 0 Å². The van der Waals surface area contributed by atoms with E-state index in [-0.39, 0.29) is 6.04 Å². The fourth-order valence-electron chi connectivity index (χ4n) is 1.84. The highest BCUT2D eigenvalue weighted by Crippen LogP contribution is 2.29. The van der Waals surface area contributed by atoms with E-state index in [4.69, 9.17) is 0 Å². The lowest BCUT2D eigenvalue weighted by Gasteiger charge is -2.16. The Morgan fingerprint density at radius 3 is 2.78 bits per heavy atom. The lowest BCUT2D eigenvalue weighted by atomic mass is 10.0. The molecule has 1 heterocycles. The van der Waals surface area contributed by atoms with Crippen LogP contribution in [0.15, 0.2) is 18.2 Å². The van der Waals surface area contributed by atoms with E-state index in [9.17, 15) is 8.78 Å². The van der Waals surface area contributed by atoms with Gasteiger partial charge in [0.15, 0.2) is 0 Å². The van der Waals surface area contributed by atoms with Crippen molar-refractivity contribution in [3.05, 3.63) is 46.0 Å². The zero-order valence-electron chi connectivity index (χ0n) is 10.1. The van der Waals surface area contributed by atoms with Crippen LogP contribution in [0.2, 0.25) is 0 Å². The maximum atomic E-state index is 13.8. The zero-order chi connectivity index (χ0) is 13.1. The minimum atomic E-state index is -0.579. The van der Waals surface area contributed by atoms with E-state index in [0.717, 1.165) is 23.1 Å². The Labute approximate surface area is 108 Å². The van der Waals surface area contributed by atoms with E-state index in [0.29, 0.717) is 5.56 Å². The molecule has 0 aliphatic heterocycles. The Morgan fingerprint density at radius 2 is 2.17 bits per heavy atom. The quantitative estimate of drug-likeness (QED) is 0.927. The topological polar surface area (TPSA) is 37.8 Å². The standard InChI is InChI=1S/C12H13F2N3S/c1-3-10-12(18-17-16-10)11(15-2)8-5-4-7(13)6-9(8)14/h4-6,11,15H,3H2,1-2H3. The van der Waals surface area contributed by atoms with Gasteiger partial charge in [0.05, 0.1) is 16.6 Å². The molecule has 1 aromatic heterocycles. The largest absolute Gasteiger partial charge is 0.308 e. The van der Waals surface area contributed by atoms with Gasteiger partial charge in [-0.25, -0.2) is 8.78 Å². The molecular weight excluding hydrogens is 256 g/mol. The van der Waals surface area contributed by atoms with Gasteiger partial charge in [0, 0.05) is 11.6 Å². The van der Waals surface area contributed by atoms with E-state index >= 15 is 0 Å². The van der Waals surface area contributed by atoms with Crippen molar-refractivity contribution in [1.82, 2.24) is 14.9 Å². The van der Waals surface area contributed by atoms with Crippen LogP contribution in [0.25, 0.3) is 0 Å². The number of nitrogens with one attached hydrogen (secondary N) is 1. The number of hydrogen-bond donors (Lipinski definition) is 1. The van der Waals surface area contributed by atoms with Crippen LogP contribution < -0.4 is 5.32 Å². The molecule has 1 aromatic carbocycles. The first kappa shape index (κ1) is 13.0. The molecule has 1 unspecified atom stereocenters. The van der Waals surface area contributed by atoms with Gasteiger partial charge in [-0.05, 0) is 31.1 Å². The van der Waals surface area contributed by atoms with Crippen molar-refractivity contribution in [2.75, 3.05) is 7.05 Å². The Bertz CT molecular complexity index is 542. The van der Waals surface area contributed by atoms with Crippen LogP contribution in [0.4, 0.5) is 8.78 Å². The van der Waals surface area contributed by atoms with Crippen molar-refractivity contribution in [1.29, 1.82) is 0 Å². The number of benzene rings is 1. The van der Waals surface area contributed by atoms with Crippen molar-refractivity contribution in [3.8, 4) is 0 Å². The number of rotatable bonds is 4. The summed E-state index contributed by atoms with van der Waals surface area (Å²) in [6.07, 6.45) is 0.729. The highest BCUT2D eigenvalue weighted by atomic mass is 32.1. The molecule has 0 spiro atoms. The Balaban J connectivity index is 2.45. The molecule has 0 saturated heterocycles. The van der Waals surface area contributed by atoms with Gasteiger partial charge in [-0.15, -0.1) is 5.10 Å². The summed E-state index contributed by atoms with van der Waals surface area (Å²) in [7, 11) is 1.73. The summed E-state index contributed by atoms with van der Waals surface area (Å²) < 4.78 is 30.6. The molecule has 1 atom stereocenters. The maximum absolute atomic E-state index is 13.8. The lowest BCUT2D eigenvalue weighted by molar-refractivity contribution is 0.552. The van der Waals surface area contributed by atoms with E-state index < -0.39 is 11.6 Å². The molecule has 0 bridgehead atoms. The molecule has 2 rings (SSSR count). The van der Waals surface area contributed by atoms with Crippen molar-refractivity contribution in [2.45, 2.75) is 19.4 Å². The monoisotopic (exact) mass is 269 g/mol. The Kier molecular flexibility index (Phi) is 3.98. The van der Waals surface area contributed by atoms with E-state index in [1.165, 1.54) is 23.7 Å². The molecule has 96 valence electrons. The summed E-state index contributed by atoms with van der Waals surface area (Å²) in [5, 5.41) is 7.03. The van der Waals surface area contributed by atoms with Crippen LogP contribution in [-0.2, 0) is 6.42 Å². The summed E-state index contributed by atoms with van der Waals surface area (Å²) >= 11 is 1.23. The third-order valence-electron chi connectivity index (χ3n) is 2.74. The molecule has 0 amide bonds. The first-order valence-electron chi connectivity index (χ1n) is 5.60. The average Bonchev–Trinajstić information content (AvgIpc) is 2.81. The molecule has 2 aromatic rings. The van der Waals surface area contributed by atoms with Crippen molar-refractivity contribution in [2.24, 2.45) is 0 Å². The number of aryl methyl sites for hydroxylation is 1. The van der Waals surface area contributed by atoms with Crippen molar-refractivity contribution >= 4 is 11.5 Å². The smallest absolute Gasteiger partial charge is 0.131 e. The molecule has 0 fully saturated rings. The van der Waals surface area contributed by atoms with Gasteiger partial charge in [-0.1, -0.05) is 17.5 Å². The normalized spacial score (nSPS) is 12.7. The van der Waals surface area contributed by atoms with Crippen LogP contribution in [0.1, 0.15) is 29.1 Å². The summed E-state index contributed by atoms with van der Waals surface area (Å²) in [6, 6.07) is 3.24. The molecule has 0 aliphatic carbocycles. The van der Waals surface area contributed by atoms with Gasteiger partial charge in [-0.2, -0.15) is 0 Å². The van der Waals surface area contributed by atoms with Gasteiger partial charge in [-0.3, -0.25) is 0 Å². The predicted octanol–water partition coefficient (Wildman–Crippen LogP) is 2.69. The maximum Gasteiger partial charge on any atom is 0.131 e. The number of hydrogen-bond acceptors (Lipinski definition) is 4. The van der Waals surface area contributed by atoms with Crippen LogP contribution in [0, 0.1) is 11.6 Å². The average molecular weight is 269 g/mol. The molecule has 3 nitrogen and oxygen atoms in total. The Hall–Kier alpha value is -1.40. The molecule has 1 N–H and O–H groups in total. The van der Waals surface area contributed by atoms with Gasteiger partial charge < -0.3 is 5.32 Å². The van der Waals surface area contributed by atoms with Crippen molar-refractivity contribution < 1.29 is 8.78 Å². The lowest BCUT2D eigenvalue weighted by Crippen LogP contribution is -2.19.